The molecule has 1 saturated heterocycles. The van der Waals surface area contributed by atoms with Crippen molar-refractivity contribution in [1.29, 1.82) is 0 Å². The molecule has 41 heavy (non-hydrogen) atoms. The predicted octanol–water partition coefficient (Wildman–Crippen LogP) is 3.41. The van der Waals surface area contributed by atoms with Gasteiger partial charge >= 0.3 is 11.9 Å². The molecule has 0 spiro atoms. The number of hydrogen-bond donors (Lipinski definition) is 3. The molecule has 0 aliphatic carbocycles. The second kappa shape index (κ2) is 14.8. The number of nitrogens with one attached hydrogen (secondary N) is 2. The number of imidazole rings is 1. The molecule has 0 bridgehead atoms. The number of unbranched alkanes of at least 4 members (excludes halogenated alkanes) is 2. The van der Waals surface area contributed by atoms with Gasteiger partial charge in [0.2, 0.25) is 7.44 Å². The zero-order valence-electron chi connectivity index (χ0n) is 24.2. The van der Waals surface area contributed by atoms with E-state index in [1.807, 2.05) is 13.8 Å². The van der Waals surface area contributed by atoms with Crippen LogP contribution < -0.4 is 15.9 Å². The molecule has 4 N–H and O–H groups in total. The molecule has 15 heteroatoms. The summed E-state index contributed by atoms with van der Waals surface area (Å²) in [5.74, 6) is -2.19. The van der Waals surface area contributed by atoms with E-state index in [0.29, 0.717) is 36.8 Å². The second-order valence-corrected chi connectivity index (χ2v) is 12.2. The highest BCUT2D eigenvalue weighted by Crippen LogP contribution is 2.44. The Kier molecular flexibility index (Phi) is 11.8. The molecule has 1 aliphatic rings. The Bertz CT molecular complexity index is 1210. The molecule has 1 aliphatic heterocycles. The number of aromatic nitrogens is 4. The molecule has 0 radical (unpaired) electrons. The monoisotopic (exact) mass is 595 g/mol. The molecule has 14 nitrogen and oxygen atoms in total. The molecule has 3 rings (SSSR count). The fourth-order valence-corrected chi connectivity index (χ4v) is 6.28. The third-order valence-corrected chi connectivity index (χ3v) is 8.67. The van der Waals surface area contributed by atoms with Gasteiger partial charge in [-0.1, -0.05) is 33.3 Å². The van der Waals surface area contributed by atoms with E-state index in [1.54, 1.807) is 10.9 Å². The molecule has 2 aromatic rings. The quantitative estimate of drug-likeness (QED) is 0.105. The number of carbonyl (C=O) groups is 2. The Balaban J connectivity index is 1.74. The number of hydrogen-bond acceptors (Lipinski definition) is 11. The summed E-state index contributed by atoms with van der Waals surface area (Å²) in [6, 6.07) is -1.90. The van der Waals surface area contributed by atoms with Crippen molar-refractivity contribution in [3.05, 3.63) is 25.3 Å². The van der Waals surface area contributed by atoms with Crippen molar-refractivity contribution in [3.8, 4) is 0 Å². The normalized spacial score (nSPS) is 20.5. The van der Waals surface area contributed by atoms with Crippen LogP contribution in [0.3, 0.4) is 0 Å². The van der Waals surface area contributed by atoms with E-state index >= 15 is 0 Å². The maximum atomic E-state index is 14.1. The zero-order valence-corrected chi connectivity index (χ0v) is 25.1. The van der Waals surface area contributed by atoms with E-state index in [-0.39, 0.29) is 19.0 Å². The third-order valence-electron chi connectivity index (χ3n) is 6.57. The van der Waals surface area contributed by atoms with Crippen LogP contribution in [0.1, 0.15) is 72.4 Å². The number of fused-ring (bicyclic) bond motifs is 1. The van der Waals surface area contributed by atoms with Crippen molar-refractivity contribution in [2.24, 2.45) is 0 Å². The van der Waals surface area contributed by atoms with E-state index in [9.17, 15) is 14.2 Å². The predicted molar refractivity (Wildman–Crippen MR) is 153 cm³/mol. The van der Waals surface area contributed by atoms with Crippen LogP contribution >= 0.6 is 7.44 Å². The van der Waals surface area contributed by atoms with Gasteiger partial charge in [-0.05, 0) is 39.2 Å². The van der Waals surface area contributed by atoms with E-state index in [2.05, 4.69) is 31.7 Å². The number of nitrogens with two attached hydrogens (primary N) is 1. The average Bonchev–Trinajstić information content (AvgIpc) is 3.58. The molecule has 2 aromatic heterocycles. The zero-order chi connectivity index (χ0) is 30.0. The van der Waals surface area contributed by atoms with Gasteiger partial charge in [-0.3, -0.25) is 18.7 Å². The maximum absolute atomic E-state index is 14.1. The lowest BCUT2D eigenvalue weighted by Gasteiger charge is -2.31. The lowest BCUT2D eigenvalue weighted by Crippen LogP contribution is -2.44. The molecule has 0 unspecified atom stereocenters. The summed E-state index contributed by atoms with van der Waals surface area (Å²) in [6.45, 7) is 11.4. The van der Waals surface area contributed by atoms with Crippen molar-refractivity contribution in [2.75, 3.05) is 25.3 Å². The van der Waals surface area contributed by atoms with Crippen molar-refractivity contribution >= 4 is 36.4 Å². The van der Waals surface area contributed by atoms with E-state index in [4.69, 9.17) is 24.7 Å². The molecular formula is C26H42N7O7P. The number of anilines is 1. The summed E-state index contributed by atoms with van der Waals surface area (Å²) in [5.41, 5.74) is 6.87. The fraction of sp³-hybridized carbons (Fsp3) is 0.654. The molecule has 228 valence electrons. The molecular weight excluding hydrogens is 553 g/mol. The first-order chi connectivity index (χ1) is 19.6. The minimum Gasteiger partial charge on any atom is -0.465 e. The van der Waals surface area contributed by atoms with Gasteiger partial charge in [0.05, 0.1) is 19.5 Å². The largest absolute Gasteiger partial charge is 0.465 e. The molecule has 0 amide bonds. The summed E-state index contributed by atoms with van der Waals surface area (Å²) in [5, 5.41) is 5.62. The van der Waals surface area contributed by atoms with Gasteiger partial charge < -0.3 is 24.7 Å². The smallest absolute Gasteiger partial charge is 0.323 e. The van der Waals surface area contributed by atoms with Gasteiger partial charge in [0.15, 0.2) is 17.3 Å². The van der Waals surface area contributed by atoms with Crippen LogP contribution in [-0.2, 0) is 33.1 Å². The topological polar surface area (TPSA) is 182 Å². The summed E-state index contributed by atoms with van der Waals surface area (Å²) in [6.07, 6.45) is 7.48. The van der Waals surface area contributed by atoms with E-state index in [0.717, 1.165) is 12.8 Å². The highest BCUT2D eigenvalue weighted by Gasteiger charge is 2.43. The number of esters is 2. The van der Waals surface area contributed by atoms with Crippen LogP contribution in [0, 0.1) is 0 Å². The fourth-order valence-electron chi connectivity index (χ4n) is 4.19. The molecule has 1 fully saturated rings. The lowest BCUT2D eigenvalue weighted by molar-refractivity contribution is -0.197. The highest BCUT2D eigenvalue weighted by molar-refractivity contribution is 7.59. The first kappa shape index (κ1) is 32.6. The summed E-state index contributed by atoms with van der Waals surface area (Å²) in [4.78, 5) is 37.6. The Morgan fingerprint density at radius 2 is 1.78 bits per heavy atom. The standard InChI is InChI=1S/C26H42N7O7P/c1-6-9-13-37-24(34)18(4)31-41(36,32-19(5)25(35)38-14-10-7-2)17-39-26(8-3)12-11-20(40-26)33-16-30-21-22(27)28-15-29-23(21)33/h8,15-16,18-20H,3,6-7,9-14,17H2,1-2,4-5H3,(H2,27,28,29)(H2,31,32,36)/t18-,19-,20+,26-/m0/s1. The molecule has 4 atom stereocenters. The maximum Gasteiger partial charge on any atom is 0.323 e. The summed E-state index contributed by atoms with van der Waals surface area (Å²) < 4.78 is 38.8. The Hall–Kier alpha value is -2.90. The molecule has 0 saturated carbocycles. The van der Waals surface area contributed by atoms with Gasteiger partial charge in [0.1, 0.15) is 36.5 Å². The number of nitrogens with zero attached hydrogens (tertiary/aromatic N) is 4. The molecule has 3 heterocycles. The first-order valence-electron chi connectivity index (χ1n) is 13.9. The number of nitrogen functional groups attached to an aromatic ring is 1. The van der Waals surface area contributed by atoms with Crippen molar-refractivity contribution in [2.45, 2.75) is 90.3 Å². The first-order valence-corrected chi connectivity index (χ1v) is 15.8. The SMILES string of the molecule is C=C[C@@]1(OCP(=O)(N[C@@H](C)C(=O)OCCCC)N[C@@H](C)C(=O)OCCCC)CC[C@H](n2cnc3c(N)ncnc32)O1. The van der Waals surface area contributed by atoms with Gasteiger partial charge in [-0.15, -0.1) is 0 Å². The van der Waals surface area contributed by atoms with Crippen LogP contribution in [0.4, 0.5) is 5.82 Å². The Morgan fingerprint density at radius 3 is 2.34 bits per heavy atom. The summed E-state index contributed by atoms with van der Waals surface area (Å²) >= 11 is 0. The van der Waals surface area contributed by atoms with Crippen LogP contribution in [-0.4, -0.2) is 68.9 Å². The summed E-state index contributed by atoms with van der Waals surface area (Å²) in [7, 11) is -3.76. The lowest BCUT2D eigenvalue weighted by atomic mass is 10.2. The third kappa shape index (κ3) is 8.55. The Labute approximate surface area is 240 Å². The minimum absolute atomic E-state index is 0.251. The minimum atomic E-state index is -3.76. The van der Waals surface area contributed by atoms with E-state index < -0.39 is 49.8 Å². The van der Waals surface area contributed by atoms with Crippen LogP contribution in [0.2, 0.25) is 0 Å². The van der Waals surface area contributed by atoms with Gasteiger partial charge in [-0.2, -0.15) is 0 Å². The highest BCUT2D eigenvalue weighted by atomic mass is 31.2. The second-order valence-electron chi connectivity index (χ2n) is 9.97. The molecule has 0 aromatic carbocycles. The number of ether oxygens (including phenoxy) is 4. The van der Waals surface area contributed by atoms with Gasteiger partial charge in [0, 0.05) is 6.42 Å². The van der Waals surface area contributed by atoms with Crippen molar-refractivity contribution < 1.29 is 33.1 Å². The van der Waals surface area contributed by atoms with Crippen LogP contribution in [0.15, 0.2) is 25.3 Å². The van der Waals surface area contributed by atoms with Gasteiger partial charge in [-0.25, -0.2) is 25.1 Å². The van der Waals surface area contributed by atoms with Gasteiger partial charge in [0.25, 0.3) is 0 Å². The van der Waals surface area contributed by atoms with E-state index in [1.165, 1.54) is 26.3 Å². The Morgan fingerprint density at radius 1 is 1.17 bits per heavy atom. The van der Waals surface area contributed by atoms with Crippen molar-refractivity contribution in [1.82, 2.24) is 29.7 Å². The van der Waals surface area contributed by atoms with Crippen LogP contribution in [0.5, 0.6) is 0 Å². The number of carbonyl (C=O) groups excluding carboxylic acids is 2. The number of rotatable bonds is 17. The average molecular weight is 596 g/mol. The van der Waals surface area contributed by atoms with Crippen molar-refractivity contribution in [3.63, 3.8) is 0 Å². The van der Waals surface area contributed by atoms with Crippen LogP contribution in [0.25, 0.3) is 11.2 Å².